The number of aliphatic carboxylic acids is 1. The standard InChI is InChI=1S/C27H38N4O3S/c1-20(8-9-21-6-4-3-5-7-21)31(19-32)13-12-29(2)23-10-11-25-24(15-23)28-26(35-25)18-30-16-22(17-30)14-27(33)34/h8,10-11,15,19,21-22H,3-7,9,12-14,16-18H2,1-2H3,(H,33,34)/b20-8+. The van der Waals surface area contributed by atoms with Crippen molar-refractivity contribution in [3.63, 3.8) is 0 Å². The van der Waals surface area contributed by atoms with Crippen LogP contribution in [-0.2, 0) is 16.1 Å². The Morgan fingerprint density at radius 1 is 1.20 bits per heavy atom. The van der Waals surface area contributed by atoms with Gasteiger partial charge in [-0.2, -0.15) is 0 Å². The van der Waals surface area contributed by atoms with Crippen molar-refractivity contribution in [2.24, 2.45) is 11.8 Å². The van der Waals surface area contributed by atoms with Crippen LogP contribution in [0.3, 0.4) is 0 Å². The highest BCUT2D eigenvalue weighted by molar-refractivity contribution is 7.18. The van der Waals surface area contributed by atoms with Gasteiger partial charge in [0.2, 0.25) is 6.41 Å². The number of likely N-dealkylation sites (tertiary alicyclic amines) is 1. The summed E-state index contributed by atoms with van der Waals surface area (Å²) in [7, 11) is 2.06. The maximum absolute atomic E-state index is 11.7. The van der Waals surface area contributed by atoms with Gasteiger partial charge in [-0.1, -0.05) is 38.2 Å². The number of allylic oxidation sites excluding steroid dienone is 2. The normalized spacial score (nSPS) is 17.9. The fourth-order valence-corrected chi connectivity index (χ4v) is 6.21. The first-order chi connectivity index (χ1) is 16.9. The topological polar surface area (TPSA) is 77.0 Å². The number of carboxylic acid groups (broad SMARTS) is 1. The van der Waals surface area contributed by atoms with Crippen molar-refractivity contribution in [2.45, 2.75) is 58.4 Å². The molecule has 1 aliphatic heterocycles. The quantitative estimate of drug-likeness (QED) is 0.416. The van der Waals surface area contributed by atoms with E-state index in [0.29, 0.717) is 6.54 Å². The summed E-state index contributed by atoms with van der Waals surface area (Å²) in [5, 5.41) is 9.99. The van der Waals surface area contributed by atoms with Gasteiger partial charge >= 0.3 is 5.97 Å². The van der Waals surface area contributed by atoms with Crippen LogP contribution in [0.5, 0.6) is 0 Å². The average molecular weight is 499 g/mol. The molecule has 4 rings (SSSR count). The zero-order valence-corrected chi connectivity index (χ0v) is 21.8. The molecule has 0 atom stereocenters. The minimum absolute atomic E-state index is 0.253. The number of nitrogens with zero attached hydrogens (tertiary/aromatic N) is 4. The first-order valence-electron chi connectivity index (χ1n) is 12.8. The second-order valence-corrected chi connectivity index (χ2v) is 11.3. The van der Waals surface area contributed by atoms with E-state index in [1.807, 2.05) is 11.8 Å². The summed E-state index contributed by atoms with van der Waals surface area (Å²) in [5.41, 5.74) is 3.14. The van der Waals surface area contributed by atoms with Gasteiger partial charge in [0.25, 0.3) is 0 Å². The van der Waals surface area contributed by atoms with Gasteiger partial charge in [0.1, 0.15) is 5.01 Å². The van der Waals surface area contributed by atoms with Gasteiger partial charge in [0.15, 0.2) is 0 Å². The van der Waals surface area contributed by atoms with Crippen molar-refractivity contribution in [1.29, 1.82) is 0 Å². The van der Waals surface area contributed by atoms with Crippen LogP contribution >= 0.6 is 11.3 Å². The Bertz CT molecular complexity index is 1040. The van der Waals surface area contributed by atoms with Crippen molar-refractivity contribution < 1.29 is 14.7 Å². The zero-order valence-electron chi connectivity index (χ0n) is 21.0. The van der Waals surface area contributed by atoms with Gasteiger partial charge in [0.05, 0.1) is 23.2 Å². The summed E-state index contributed by atoms with van der Waals surface area (Å²) < 4.78 is 1.16. The number of carbonyl (C=O) groups is 2. The van der Waals surface area contributed by atoms with Gasteiger partial charge in [0, 0.05) is 44.6 Å². The molecule has 7 nitrogen and oxygen atoms in total. The maximum Gasteiger partial charge on any atom is 0.303 e. The SMILES string of the molecule is C/C(=C\CC1CCCCC1)N(C=O)CCN(C)c1ccc2sc(CN3CC(CC(=O)O)C3)nc2c1. The molecule has 0 bridgehead atoms. The van der Waals surface area contributed by atoms with E-state index in [0.717, 1.165) is 71.5 Å². The highest BCUT2D eigenvalue weighted by atomic mass is 32.1. The molecule has 190 valence electrons. The summed E-state index contributed by atoms with van der Waals surface area (Å²) >= 11 is 1.70. The number of benzene rings is 1. The number of carbonyl (C=O) groups excluding carboxylic acids is 1. The van der Waals surface area contributed by atoms with Crippen LogP contribution < -0.4 is 4.90 Å². The van der Waals surface area contributed by atoms with E-state index < -0.39 is 5.97 Å². The predicted octanol–water partition coefficient (Wildman–Crippen LogP) is 4.97. The molecular weight excluding hydrogens is 460 g/mol. The maximum atomic E-state index is 11.7. The Morgan fingerprint density at radius 2 is 1.97 bits per heavy atom. The number of rotatable bonds is 12. The second kappa shape index (κ2) is 12.0. The number of likely N-dealkylation sites (N-methyl/N-ethyl adjacent to an activating group) is 1. The molecule has 1 saturated heterocycles. The van der Waals surface area contributed by atoms with E-state index in [1.165, 1.54) is 32.1 Å². The van der Waals surface area contributed by atoms with Crippen molar-refractivity contribution in [1.82, 2.24) is 14.8 Å². The minimum Gasteiger partial charge on any atom is -0.481 e. The molecule has 1 amide bonds. The number of fused-ring (bicyclic) bond motifs is 1. The predicted molar refractivity (Wildman–Crippen MR) is 142 cm³/mol. The molecule has 1 aromatic carbocycles. The molecule has 0 spiro atoms. The first kappa shape index (κ1) is 25.6. The lowest BCUT2D eigenvalue weighted by atomic mass is 9.87. The lowest BCUT2D eigenvalue weighted by Gasteiger charge is -2.37. The summed E-state index contributed by atoms with van der Waals surface area (Å²) in [5.74, 6) is 0.323. The Kier molecular flexibility index (Phi) is 8.78. The largest absolute Gasteiger partial charge is 0.481 e. The van der Waals surface area contributed by atoms with Crippen LogP contribution in [-0.4, -0.2) is 65.5 Å². The number of anilines is 1. The Morgan fingerprint density at radius 3 is 2.69 bits per heavy atom. The molecule has 2 heterocycles. The third kappa shape index (κ3) is 7.04. The van der Waals surface area contributed by atoms with Crippen LogP contribution in [0.25, 0.3) is 10.2 Å². The van der Waals surface area contributed by atoms with E-state index in [4.69, 9.17) is 10.1 Å². The van der Waals surface area contributed by atoms with E-state index in [9.17, 15) is 9.59 Å². The molecule has 2 fully saturated rings. The van der Waals surface area contributed by atoms with Crippen molar-refractivity contribution in [3.05, 3.63) is 35.0 Å². The van der Waals surface area contributed by atoms with Gasteiger partial charge in [-0.3, -0.25) is 14.5 Å². The van der Waals surface area contributed by atoms with Crippen LogP contribution in [0, 0.1) is 11.8 Å². The molecule has 1 saturated carbocycles. The molecule has 35 heavy (non-hydrogen) atoms. The van der Waals surface area contributed by atoms with Crippen LogP contribution in [0.1, 0.15) is 56.9 Å². The number of aromatic nitrogens is 1. The van der Waals surface area contributed by atoms with Crippen LogP contribution in [0.4, 0.5) is 5.69 Å². The molecule has 1 aromatic heterocycles. The van der Waals surface area contributed by atoms with E-state index in [2.05, 4.69) is 41.1 Å². The van der Waals surface area contributed by atoms with E-state index >= 15 is 0 Å². The number of amides is 1. The number of hydrogen-bond acceptors (Lipinski definition) is 6. The Hall–Kier alpha value is -2.45. The van der Waals surface area contributed by atoms with E-state index in [1.54, 1.807) is 11.3 Å². The van der Waals surface area contributed by atoms with Crippen LogP contribution in [0.2, 0.25) is 0 Å². The van der Waals surface area contributed by atoms with Gasteiger partial charge in [-0.15, -0.1) is 11.3 Å². The average Bonchev–Trinajstić information content (AvgIpc) is 3.23. The van der Waals surface area contributed by atoms with Crippen molar-refractivity contribution >= 4 is 39.6 Å². The van der Waals surface area contributed by atoms with Crippen LogP contribution in [0.15, 0.2) is 30.0 Å². The van der Waals surface area contributed by atoms with Crippen molar-refractivity contribution in [2.75, 3.05) is 38.1 Å². The lowest BCUT2D eigenvalue weighted by molar-refractivity contribution is -0.139. The monoisotopic (exact) mass is 498 g/mol. The molecule has 2 aliphatic rings. The summed E-state index contributed by atoms with van der Waals surface area (Å²) in [4.78, 5) is 33.7. The fourth-order valence-electron chi connectivity index (χ4n) is 5.22. The number of carboxylic acids is 1. The Labute approximate surface area is 212 Å². The molecule has 8 heteroatoms. The van der Waals surface area contributed by atoms with Gasteiger partial charge in [-0.25, -0.2) is 4.98 Å². The molecule has 1 aliphatic carbocycles. The zero-order chi connectivity index (χ0) is 24.8. The third-order valence-electron chi connectivity index (χ3n) is 7.44. The number of hydrogen-bond donors (Lipinski definition) is 1. The van der Waals surface area contributed by atoms with E-state index in [-0.39, 0.29) is 12.3 Å². The molecule has 1 N–H and O–H groups in total. The summed E-state index contributed by atoms with van der Waals surface area (Å²) in [6.07, 6.45) is 11.2. The smallest absolute Gasteiger partial charge is 0.303 e. The third-order valence-corrected chi connectivity index (χ3v) is 8.46. The lowest BCUT2D eigenvalue weighted by Crippen LogP contribution is -2.46. The molecule has 0 unspecified atom stereocenters. The molecule has 2 aromatic rings. The second-order valence-electron chi connectivity index (χ2n) is 10.2. The van der Waals surface area contributed by atoms with Crippen molar-refractivity contribution in [3.8, 4) is 0 Å². The highest BCUT2D eigenvalue weighted by Crippen LogP contribution is 2.30. The minimum atomic E-state index is -0.715. The molecular formula is C27H38N4O3S. The Balaban J connectivity index is 1.28. The fraction of sp³-hybridized carbons (Fsp3) is 0.593. The first-order valence-corrected chi connectivity index (χ1v) is 13.7. The molecule has 0 radical (unpaired) electrons. The highest BCUT2D eigenvalue weighted by Gasteiger charge is 2.29. The summed E-state index contributed by atoms with van der Waals surface area (Å²) in [6.45, 7) is 5.88. The van der Waals surface area contributed by atoms with Gasteiger partial charge in [-0.05, 0) is 43.4 Å². The number of thiazole rings is 1. The summed E-state index contributed by atoms with van der Waals surface area (Å²) in [6, 6.07) is 6.36. The van der Waals surface area contributed by atoms with Gasteiger partial charge < -0.3 is 14.9 Å².